The third kappa shape index (κ3) is 2.14. The Hall–Kier alpha value is -1.88. The summed E-state index contributed by atoms with van der Waals surface area (Å²) < 4.78 is 27.1. The van der Waals surface area contributed by atoms with Gasteiger partial charge < -0.3 is 5.73 Å². The number of aromatic nitrogens is 2. The van der Waals surface area contributed by atoms with Gasteiger partial charge in [-0.2, -0.15) is 0 Å². The number of aryl methyl sites for hydroxylation is 1. The Balaban J connectivity index is 2.45. The predicted octanol–water partition coefficient (Wildman–Crippen LogP) is 2.11. The van der Waals surface area contributed by atoms with Gasteiger partial charge in [0.2, 0.25) is 0 Å². The van der Waals surface area contributed by atoms with Gasteiger partial charge in [0.1, 0.15) is 0 Å². The highest BCUT2D eigenvalue weighted by molar-refractivity contribution is 5.31. The normalized spacial score (nSPS) is 12.5. The van der Waals surface area contributed by atoms with E-state index in [1.807, 2.05) is 0 Å². The molecule has 88 valence electrons. The van der Waals surface area contributed by atoms with Crippen molar-refractivity contribution in [3.8, 4) is 0 Å². The lowest BCUT2D eigenvalue weighted by Crippen LogP contribution is -2.16. The molecule has 0 fully saturated rings. The van der Waals surface area contributed by atoms with Crippen LogP contribution in [0.2, 0.25) is 0 Å². The van der Waals surface area contributed by atoms with Gasteiger partial charge in [0.15, 0.2) is 11.6 Å². The van der Waals surface area contributed by atoms with Gasteiger partial charge in [0.05, 0.1) is 17.9 Å². The van der Waals surface area contributed by atoms with Crippen molar-refractivity contribution >= 4 is 0 Å². The molecule has 2 aromatic rings. The summed E-state index contributed by atoms with van der Waals surface area (Å²) in [5, 5.41) is 0. The average Bonchev–Trinajstić information content (AvgIpc) is 2.36. The van der Waals surface area contributed by atoms with Crippen molar-refractivity contribution in [3.63, 3.8) is 0 Å². The molecule has 0 saturated heterocycles. The molecule has 0 radical (unpaired) electrons. The van der Waals surface area contributed by atoms with Crippen LogP contribution in [0.1, 0.15) is 22.9 Å². The van der Waals surface area contributed by atoms with E-state index < -0.39 is 17.7 Å². The summed E-state index contributed by atoms with van der Waals surface area (Å²) in [6, 6.07) is 2.13. The fourth-order valence-corrected chi connectivity index (χ4v) is 1.53. The fourth-order valence-electron chi connectivity index (χ4n) is 1.53. The second-order valence-electron chi connectivity index (χ2n) is 3.71. The van der Waals surface area contributed by atoms with Crippen LogP contribution >= 0.6 is 0 Å². The Labute approximate surface area is 97.3 Å². The Morgan fingerprint density at radius 2 is 1.94 bits per heavy atom. The van der Waals surface area contributed by atoms with E-state index in [-0.39, 0.29) is 11.1 Å². The lowest BCUT2D eigenvalue weighted by Gasteiger charge is -2.13. The van der Waals surface area contributed by atoms with Crippen molar-refractivity contribution in [2.75, 3.05) is 0 Å². The quantitative estimate of drug-likeness (QED) is 0.867. The smallest absolute Gasteiger partial charge is 0.164 e. The Bertz CT molecular complexity index is 529. The van der Waals surface area contributed by atoms with Crippen LogP contribution in [0.15, 0.2) is 30.7 Å². The van der Waals surface area contributed by atoms with Gasteiger partial charge in [-0.1, -0.05) is 12.1 Å². The monoisotopic (exact) mass is 235 g/mol. The highest BCUT2D eigenvalue weighted by Crippen LogP contribution is 2.23. The minimum atomic E-state index is -0.928. The van der Waals surface area contributed by atoms with Crippen LogP contribution in [-0.4, -0.2) is 9.97 Å². The van der Waals surface area contributed by atoms with Crippen LogP contribution in [0.5, 0.6) is 0 Å². The number of benzene rings is 1. The van der Waals surface area contributed by atoms with Gasteiger partial charge in [0, 0.05) is 18.0 Å². The molecule has 1 aromatic carbocycles. The van der Waals surface area contributed by atoms with Gasteiger partial charge in [-0.3, -0.25) is 9.97 Å². The number of rotatable bonds is 2. The predicted molar refractivity (Wildman–Crippen MR) is 59.2 cm³/mol. The van der Waals surface area contributed by atoms with E-state index >= 15 is 0 Å². The first kappa shape index (κ1) is 11.6. The average molecular weight is 235 g/mol. The van der Waals surface area contributed by atoms with Crippen LogP contribution in [0, 0.1) is 18.6 Å². The third-order valence-corrected chi connectivity index (χ3v) is 2.54. The van der Waals surface area contributed by atoms with Gasteiger partial charge in [-0.25, -0.2) is 8.78 Å². The summed E-state index contributed by atoms with van der Waals surface area (Å²) >= 11 is 0. The molecule has 2 rings (SSSR count). The molecule has 2 N–H and O–H groups in total. The van der Waals surface area contributed by atoms with E-state index in [4.69, 9.17) is 5.73 Å². The number of hydrogen-bond acceptors (Lipinski definition) is 3. The molecule has 1 unspecified atom stereocenters. The number of nitrogens with zero attached hydrogens (tertiary/aromatic N) is 2. The van der Waals surface area contributed by atoms with Crippen LogP contribution < -0.4 is 5.73 Å². The first-order valence-corrected chi connectivity index (χ1v) is 5.07. The van der Waals surface area contributed by atoms with E-state index in [1.54, 1.807) is 0 Å². The van der Waals surface area contributed by atoms with Crippen LogP contribution in [0.25, 0.3) is 0 Å². The molecule has 0 spiro atoms. The van der Waals surface area contributed by atoms with E-state index in [0.29, 0.717) is 5.69 Å². The molecule has 1 atom stereocenters. The van der Waals surface area contributed by atoms with Crippen LogP contribution in [-0.2, 0) is 0 Å². The van der Waals surface area contributed by atoms with Crippen LogP contribution in [0.3, 0.4) is 0 Å². The molecular weight excluding hydrogens is 224 g/mol. The van der Waals surface area contributed by atoms with Crippen molar-refractivity contribution < 1.29 is 8.78 Å². The maximum Gasteiger partial charge on any atom is 0.164 e. The molecular formula is C12H11F2N3. The van der Waals surface area contributed by atoms with E-state index in [0.717, 1.165) is 0 Å². The maximum absolute atomic E-state index is 13.7. The lowest BCUT2D eigenvalue weighted by atomic mass is 10.0. The summed E-state index contributed by atoms with van der Waals surface area (Å²) in [4.78, 5) is 7.81. The first-order chi connectivity index (χ1) is 8.11. The maximum atomic E-state index is 13.7. The van der Waals surface area contributed by atoms with E-state index in [2.05, 4.69) is 9.97 Å². The minimum Gasteiger partial charge on any atom is -0.319 e. The van der Waals surface area contributed by atoms with Gasteiger partial charge in [-0.15, -0.1) is 0 Å². The molecule has 0 aliphatic carbocycles. The molecule has 1 heterocycles. The fraction of sp³-hybridized carbons (Fsp3) is 0.167. The molecule has 17 heavy (non-hydrogen) atoms. The number of halogens is 2. The zero-order chi connectivity index (χ0) is 12.4. The largest absolute Gasteiger partial charge is 0.319 e. The zero-order valence-electron chi connectivity index (χ0n) is 9.19. The van der Waals surface area contributed by atoms with E-state index in [9.17, 15) is 8.78 Å². The van der Waals surface area contributed by atoms with Gasteiger partial charge >= 0.3 is 0 Å². The lowest BCUT2D eigenvalue weighted by molar-refractivity contribution is 0.488. The van der Waals surface area contributed by atoms with Crippen molar-refractivity contribution in [1.29, 1.82) is 0 Å². The summed E-state index contributed by atoms with van der Waals surface area (Å²) in [7, 11) is 0. The summed E-state index contributed by atoms with van der Waals surface area (Å²) in [5.41, 5.74) is 6.55. The molecule has 0 saturated carbocycles. The van der Waals surface area contributed by atoms with Gasteiger partial charge in [0.25, 0.3) is 0 Å². The SMILES string of the molecule is Cc1ccc(C(N)c2cnccn2)c(F)c1F. The second kappa shape index (κ2) is 4.55. The highest BCUT2D eigenvalue weighted by Gasteiger charge is 2.18. The molecule has 0 aliphatic rings. The number of hydrogen-bond donors (Lipinski definition) is 1. The Morgan fingerprint density at radius 3 is 2.59 bits per heavy atom. The summed E-state index contributed by atoms with van der Waals surface area (Å²) in [6.07, 6.45) is 4.38. The summed E-state index contributed by atoms with van der Waals surface area (Å²) in [5.74, 6) is -1.80. The molecule has 0 aliphatic heterocycles. The van der Waals surface area contributed by atoms with E-state index in [1.165, 1.54) is 37.6 Å². The molecule has 5 heteroatoms. The number of nitrogens with two attached hydrogens (primary N) is 1. The topological polar surface area (TPSA) is 51.8 Å². The molecule has 0 bridgehead atoms. The standard InChI is InChI=1S/C12H11F2N3/c1-7-2-3-8(11(14)10(7)13)12(15)9-6-16-4-5-17-9/h2-6,12H,15H2,1H3. The van der Waals surface area contributed by atoms with Gasteiger partial charge in [-0.05, 0) is 12.5 Å². The second-order valence-corrected chi connectivity index (χ2v) is 3.71. The van der Waals surface area contributed by atoms with Crippen molar-refractivity contribution in [1.82, 2.24) is 9.97 Å². The Kier molecular flexibility index (Phi) is 3.10. The van der Waals surface area contributed by atoms with Crippen molar-refractivity contribution in [2.45, 2.75) is 13.0 Å². The van der Waals surface area contributed by atoms with Crippen molar-refractivity contribution in [3.05, 3.63) is 59.2 Å². The molecule has 3 nitrogen and oxygen atoms in total. The third-order valence-electron chi connectivity index (χ3n) is 2.54. The minimum absolute atomic E-state index is 0.0774. The Morgan fingerprint density at radius 1 is 1.18 bits per heavy atom. The van der Waals surface area contributed by atoms with Crippen LogP contribution in [0.4, 0.5) is 8.78 Å². The van der Waals surface area contributed by atoms with Crippen molar-refractivity contribution in [2.24, 2.45) is 5.73 Å². The summed E-state index contributed by atoms with van der Waals surface area (Å²) in [6.45, 7) is 1.50. The molecule has 1 aromatic heterocycles. The zero-order valence-corrected chi connectivity index (χ0v) is 9.19. The highest BCUT2D eigenvalue weighted by atomic mass is 19.2. The first-order valence-electron chi connectivity index (χ1n) is 5.07. The molecule has 0 amide bonds.